The highest BCUT2D eigenvalue weighted by atomic mass is 15.2. The summed E-state index contributed by atoms with van der Waals surface area (Å²) in [5.41, 5.74) is 1.75. The van der Waals surface area contributed by atoms with Crippen molar-refractivity contribution in [3.05, 3.63) is 23.9 Å². The molecule has 2 heterocycles. The Kier molecular flexibility index (Phi) is 4.23. The molecule has 1 aromatic rings. The second-order valence-electron chi connectivity index (χ2n) is 6.00. The number of pyridine rings is 1. The minimum Gasteiger partial charge on any atom is -0.356 e. The number of hydrogen-bond acceptors (Lipinski definition) is 3. The molecule has 1 N–H and O–H groups in total. The molecule has 2 rings (SSSR count). The minimum absolute atomic E-state index is 0.422. The van der Waals surface area contributed by atoms with Gasteiger partial charge in [0, 0.05) is 31.4 Å². The third-order valence-corrected chi connectivity index (χ3v) is 3.59. The van der Waals surface area contributed by atoms with Crippen molar-refractivity contribution in [2.45, 2.75) is 40.2 Å². The third-order valence-electron chi connectivity index (χ3n) is 3.59. The van der Waals surface area contributed by atoms with Gasteiger partial charge < -0.3 is 10.2 Å². The maximum absolute atomic E-state index is 4.59. The highest BCUT2D eigenvalue weighted by molar-refractivity contribution is 5.48. The molecule has 0 atom stereocenters. The maximum atomic E-state index is 4.59. The fourth-order valence-electron chi connectivity index (χ4n) is 2.55. The Morgan fingerprint density at radius 2 is 2.28 bits per heavy atom. The first kappa shape index (κ1) is 13.3. The smallest absolute Gasteiger partial charge is 0.133 e. The zero-order valence-corrected chi connectivity index (χ0v) is 11.9. The zero-order valence-electron chi connectivity index (χ0n) is 11.9. The maximum Gasteiger partial charge on any atom is 0.133 e. The van der Waals surface area contributed by atoms with Crippen molar-refractivity contribution in [1.82, 2.24) is 10.3 Å². The van der Waals surface area contributed by atoms with Gasteiger partial charge in [0.15, 0.2) is 0 Å². The van der Waals surface area contributed by atoms with E-state index in [0.717, 1.165) is 26.2 Å². The van der Waals surface area contributed by atoms with Gasteiger partial charge in [-0.3, -0.25) is 0 Å². The van der Waals surface area contributed by atoms with Gasteiger partial charge in [0.1, 0.15) is 5.82 Å². The van der Waals surface area contributed by atoms with Crippen LogP contribution in [0.4, 0.5) is 5.82 Å². The lowest BCUT2D eigenvalue weighted by Gasteiger charge is -2.23. The normalized spacial score (nSPS) is 18.3. The molecule has 1 aromatic heterocycles. The second kappa shape index (κ2) is 5.70. The van der Waals surface area contributed by atoms with Crippen molar-refractivity contribution in [2.24, 2.45) is 5.41 Å². The summed E-state index contributed by atoms with van der Waals surface area (Å²) in [6.07, 6.45) is 4.34. The van der Waals surface area contributed by atoms with Gasteiger partial charge in [0.05, 0.1) is 0 Å². The van der Waals surface area contributed by atoms with Crippen molar-refractivity contribution in [3.63, 3.8) is 0 Å². The van der Waals surface area contributed by atoms with Crippen LogP contribution < -0.4 is 10.2 Å². The number of nitrogens with zero attached hydrogens (tertiary/aromatic N) is 2. The topological polar surface area (TPSA) is 28.2 Å². The van der Waals surface area contributed by atoms with Gasteiger partial charge in [-0.15, -0.1) is 0 Å². The Labute approximate surface area is 111 Å². The average molecular weight is 247 g/mol. The Hall–Kier alpha value is -1.09. The quantitative estimate of drug-likeness (QED) is 0.811. The minimum atomic E-state index is 0.422. The summed E-state index contributed by atoms with van der Waals surface area (Å²) in [4.78, 5) is 7.02. The lowest BCUT2D eigenvalue weighted by molar-refractivity contribution is 0.418. The lowest BCUT2D eigenvalue weighted by Crippen LogP contribution is -2.26. The molecule has 3 nitrogen and oxygen atoms in total. The lowest BCUT2D eigenvalue weighted by atomic mass is 9.93. The SMILES string of the molecule is CCCNCc1cccnc1N1CCC(C)(C)C1. The molecule has 0 aromatic carbocycles. The van der Waals surface area contributed by atoms with Gasteiger partial charge in [-0.1, -0.05) is 26.8 Å². The van der Waals surface area contributed by atoms with Crippen LogP contribution in [0.1, 0.15) is 39.2 Å². The molecule has 0 bridgehead atoms. The summed E-state index contributed by atoms with van der Waals surface area (Å²) in [7, 11) is 0. The number of aromatic nitrogens is 1. The van der Waals surface area contributed by atoms with Crippen LogP contribution in [0, 0.1) is 5.41 Å². The Morgan fingerprint density at radius 3 is 2.94 bits per heavy atom. The van der Waals surface area contributed by atoms with Crippen LogP contribution in [0.15, 0.2) is 18.3 Å². The predicted octanol–water partition coefficient (Wildman–Crippen LogP) is 2.82. The summed E-state index contributed by atoms with van der Waals surface area (Å²) in [5.74, 6) is 1.17. The molecule has 1 aliphatic heterocycles. The van der Waals surface area contributed by atoms with Gasteiger partial charge in [-0.2, -0.15) is 0 Å². The van der Waals surface area contributed by atoms with Crippen LogP contribution in [-0.4, -0.2) is 24.6 Å². The van der Waals surface area contributed by atoms with E-state index in [2.05, 4.69) is 42.0 Å². The largest absolute Gasteiger partial charge is 0.356 e. The highest BCUT2D eigenvalue weighted by Crippen LogP contribution is 2.32. The van der Waals surface area contributed by atoms with Gasteiger partial charge in [0.2, 0.25) is 0 Å². The third kappa shape index (κ3) is 3.22. The van der Waals surface area contributed by atoms with E-state index in [0.29, 0.717) is 5.41 Å². The first-order valence-corrected chi connectivity index (χ1v) is 7.02. The van der Waals surface area contributed by atoms with E-state index in [1.54, 1.807) is 0 Å². The monoisotopic (exact) mass is 247 g/mol. The Balaban J connectivity index is 2.08. The molecule has 0 unspecified atom stereocenters. The Morgan fingerprint density at radius 1 is 1.44 bits per heavy atom. The molecule has 1 aliphatic rings. The summed E-state index contributed by atoms with van der Waals surface area (Å²) in [6.45, 7) is 11.1. The molecule has 1 fully saturated rings. The van der Waals surface area contributed by atoms with E-state index in [-0.39, 0.29) is 0 Å². The molecular weight excluding hydrogens is 222 g/mol. The van der Waals surface area contributed by atoms with Crippen molar-refractivity contribution in [3.8, 4) is 0 Å². The van der Waals surface area contributed by atoms with E-state index in [4.69, 9.17) is 0 Å². The molecular formula is C15H25N3. The zero-order chi connectivity index (χ0) is 13.0. The van der Waals surface area contributed by atoms with Crippen LogP contribution in [0.2, 0.25) is 0 Å². The summed E-state index contributed by atoms with van der Waals surface area (Å²) in [5, 5.41) is 3.47. The summed E-state index contributed by atoms with van der Waals surface area (Å²) < 4.78 is 0. The van der Waals surface area contributed by atoms with Crippen molar-refractivity contribution >= 4 is 5.82 Å². The second-order valence-corrected chi connectivity index (χ2v) is 6.00. The van der Waals surface area contributed by atoms with Crippen molar-refractivity contribution < 1.29 is 0 Å². The van der Waals surface area contributed by atoms with Crippen LogP contribution in [-0.2, 0) is 6.54 Å². The molecule has 3 heteroatoms. The standard InChI is InChI=1S/C15H25N3/c1-4-8-16-11-13-6-5-9-17-14(13)18-10-7-15(2,3)12-18/h5-6,9,16H,4,7-8,10-12H2,1-3H3. The number of nitrogens with one attached hydrogen (secondary N) is 1. The molecule has 1 saturated heterocycles. The van der Waals surface area contributed by atoms with Gasteiger partial charge in [-0.25, -0.2) is 4.98 Å². The number of anilines is 1. The van der Waals surface area contributed by atoms with Crippen molar-refractivity contribution in [1.29, 1.82) is 0 Å². The molecule has 0 spiro atoms. The van der Waals surface area contributed by atoms with Crippen LogP contribution in [0.3, 0.4) is 0 Å². The predicted molar refractivity (Wildman–Crippen MR) is 76.8 cm³/mol. The molecule has 0 saturated carbocycles. The molecule has 0 radical (unpaired) electrons. The molecule has 18 heavy (non-hydrogen) atoms. The summed E-state index contributed by atoms with van der Waals surface area (Å²) >= 11 is 0. The van der Waals surface area contributed by atoms with E-state index >= 15 is 0 Å². The van der Waals surface area contributed by atoms with E-state index in [1.807, 2.05) is 12.3 Å². The van der Waals surface area contributed by atoms with E-state index in [9.17, 15) is 0 Å². The fourth-order valence-corrected chi connectivity index (χ4v) is 2.55. The van der Waals surface area contributed by atoms with Gasteiger partial charge in [0.25, 0.3) is 0 Å². The van der Waals surface area contributed by atoms with Crippen LogP contribution in [0.25, 0.3) is 0 Å². The van der Waals surface area contributed by atoms with E-state index in [1.165, 1.54) is 24.2 Å². The average Bonchev–Trinajstić information content (AvgIpc) is 2.71. The first-order chi connectivity index (χ1) is 8.62. The van der Waals surface area contributed by atoms with E-state index < -0.39 is 0 Å². The fraction of sp³-hybridized carbons (Fsp3) is 0.667. The van der Waals surface area contributed by atoms with Gasteiger partial charge >= 0.3 is 0 Å². The summed E-state index contributed by atoms with van der Waals surface area (Å²) in [6, 6.07) is 4.23. The van der Waals surface area contributed by atoms with Crippen LogP contribution in [0.5, 0.6) is 0 Å². The first-order valence-electron chi connectivity index (χ1n) is 7.02. The van der Waals surface area contributed by atoms with Crippen molar-refractivity contribution in [2.75, 3.05) is 24.5 Å². The Bertz CT molecular complexity index is 387. The number of rotatable bonds is 5. The number of hydrogen-bond donors (Lipinski definition) is 1. The molecule has 0 aliphatic carbocycles. The van der Waals surface area contributed by atoms with Gasteiger partial charge in [-0.05, 0) is 30.9 Å². The molecule has 100 valence electrons. The van der Waals surface area contributed by atoms with Crippen LogP contribution >= 0.6 is 0 Å². The highest BCUT2D eigenvalue weighted by Gasteiger charge is 2.30. The molecule has 0 amide bonds.